The fourth-order valence-corrected chi connectivity index (χ4v) is 4.06. The van der Waals surface area contributed by atoms with Gasteiger partial charge in [-0.05, 0) is 39.4 Å². The van der Waals surface area contributed by atoms with Gasteiger partial charge in [0.1, 0.15) is 0 Å². The average molecular weight is 300 g/mol. The molecule has 120 valence electrons. The van der Waals surface area contributed by atoms with Crippen LogP contribution in [0.4, 0.5) is 0 Å². The van der Waals surface area contributed by atoms with Crippen molar-refractivity contribution in [3.05, 3.63) is 35.4 Å². The van der Waals surface area contributed by atoms with Crippen LogP contribution in [-0.4, -0.2) is 48.9 Å². The van der Waals surface area contributed by atoms with Crippen LogP contribution >= 0.6 is 0 Å². The minimum absolute atomic E-state index is 0.291. The topological polar surface area (TPSA) is 23.6 Å². The molecule has 0 radical (unpaired) electrons. The zero-order valence-electron chi connectivity index (χ0n) is 14.1. The van der Waals surface area contributed by atoms with Gasteiger partial charge in [-0.25, -0.2) is 0 Å². The van der Waals surface area contributed by atoms with Crippen LogP contribution < -0.4 is 0 Å². The molecule has 3 rings (SSSR count). The SMILES string of the molecule is Cc1ccc([C@@H]2CN(C(=O)C3CCCC3)C[C@H]2N(C)C)cc1. The zero-order chi connectivity index (χ0) is 15.7. The van der Waals surface area contributed by atoms with Crippen molar-refractivity contribution in [2.45, 2.75) is 44.6 Å². The lowest BCUT2D eigenvalue weighted by atomic mass is 9.93. The van der Waals surface area contributed by atoms with Gasteiger partial charge < -0.3 is 9.80 Å². The number of benzene rings is 1. The number of amides is 1. The van der Waals surface area contributed by atoms with E-state index in [-0.39, 0.29) is 0 Å². The van der Waals surface area contributed by atoms with Crippen LogP contribution in [0.25, 0.3) is 0 Å². The number of carbonyl (C=O) groups is 1. The maximum atomic E-state index is 12.8. The first-order valence-electron chi connectivity index (χ1n) is 8.58. The molecule has 1 heterocycles. The lowest BCUT2D eigenvalue weighted by Gasteiger charge is -2.25. The Labute approximate surface area is 134 Å². The number of nitrogens with zero attached hydrogens (tertiary/aromatic N) is 2. The first-order chi connectivity index (χ1) is 10.6. The minimum atomic E-state index is 0.291. The highest BCUT2D eigenvalue weighted by Gasteiger charge is 2.39. The summed E-state index contributed by atoms with van der Waals surface area (Å²) in [5.41, 5.74) is 2.66. The second-order valence-corrected chi connectivity index (χ2v) is 7.27. The Bertz CT molecular complexity index is 517. The molecule has 1 saturated heterocycles. The molecule has 3 nitrogen and oxygen atoms in total. The summed E-state index contributed by atoms with van der Waals surface area (Å²) >= 11 is 0. The Morgan fingerprint density at radius 1 is 1.09 bits per heavy atom. The van der Waals surface area contributed by atoms with Gasteiger partial charge in [0.25, 0.3) is 0 Å². The number of hydrogen-bond acceptors (Lipinski definition) is 2. The number of aryl methyl sites for hydroxylation is 1. The summed E-state index contributed by atoms with van der Waals surface area (Å²) in [5, 5.41) is 0. The maximum Gasteiger partial charge on any atom is 0.225 e. The van der Waals surface area contributed by atoms with E-state index >= 15 is 0 Å². The highest BCUT2D eigenvalue weighted by molar-refractivity contribution is 5.79. The highest BCUT2D eigenvalue weighted by Crippen LogP contribution is 2.34. The fraction of sp³-hybridized carbons (Fsp3) is 0.632. The zero-order valence-corrected chi connectivity index (χ0v) is 14.1. The standard InChI is InChI=1S/C19H28N2O/c1-14-8-10-15(11-9-14)17-12-21(13-18(17)20(2)3)19(22)16-6-4-5-7-16/h8-11,16-18H,4-7,12-13H2,1-3H3/t17-,18+/m0/s1. The fourth-order valence-electron chi connectivity index (χ4n) is 4.06. The van der Waals surface area contributed by atoms with Gasteiger partial charge in [0.2, 0.25) is 5.91 Å². The lowest BCUT2D eigenvalue weighted by Crippen LogP contribution is -2.37. The van der Waals surface area contributed by atoms with Crippen LogP contribution in [0.1, 0.15) is 42.7 Å². The lowest BCUT2D eigenvalue weighted by molar-refractivity contribution is -0.134. The largest absolute Gasteiger partial charge is 0.340 e. The third kappa shape index (κ3) is 3.05. The Kier molecular flexibility index (Phi) is 4.53. The molecule has 2 fully saturated rings. The second-order valence-electron chi connectivity index (χ2n) is 7.27. The molecule has 0 N–H and O–H groups in total. The van der Waals surface area contributed by atoms with Crippen LogP contribution in [0.3, 0.4) is 0 Å². The summed E-state index contributed by atoms with van der Waals surface area (Å²) in [7, 11) is 4.27. The van der Waals surface area contributed by atoms with Gasteiger partial charge >= 0.3 is 0 Å². The van der Waals surface area contributed by atoms with Crippen molar-refractivity contribution in [3.8, 4) is 0 Å². The van der Waals surface area contributed by atoms with Crippen LogP contribution in [0.15, 0.2) is 24.3 Å². The summed E-state index contributed by atoms with van der Waals surface area (Å²) < 4.78 is 0. The second kappa shape index (κ2) is 6.41. The quantitative estimate of drug-likeness (QED) is 0.856. The van der Waals surface area contributed by atoms with E-state index in [0.29, 0.717) is 23.8 Å². The number of likely N-dealkylation sites (tertiary alicyclic amines) is 1. The van der Waals surface area contributed by atoms with E-state index < -0.39 is 0 Å². The van der Waals surface area contributed by atoms with Crippen LogP contribution in [0, 0.1) is 12.8 Å². The number of hydrogen-bond donors (Lipinski definition) is 0. The summed E-state index contributed by atoms with van der Waals surface area (Å²) in [6.45, 7) is 3.87. The summed E-state index contributed by atoms with van der Waals surface area (Å²) in [4.78, 5) is 17.2. The van der Waals surface area contributed by atoms with Gasteiger partial charge in [-0.1, -0.05) is 42.7 Å². The number of carbonyl (C=O) groups excluding carboxylic acids is 1. The molecule has 1 aromatic rings. The molecule has 0 aromatic heterocycles. The van der Waals surface area contributed by atoms with E-state index in [2.05, 4.69) is 55.1 Å². The van der Waals surface area contributed by atoms with Crippen molar-refractivity contribution < 1.29 is 4.79 Å². The Morgan fingerprint density at radius 2 is 1.73 bits per heavy atom. The predicted octanol–water partition coefficient (Wildman–Crippen LogP) is 3.04. The Balaban J connectivity index is 1.77. The summed E-state index contributed by atoms with van der Waals surface area (Å²) in [5.74, 6) is 1.12. The third-order valence-electron chi connectivity index (χ3n) is 5.47. The molecule has 1 saturated carbocycles. The number of rotatable bonds is 3. The molecular weight excluding hydrogens is 272 g/mol. The molecule has 2 atom stereocenters. The molecule has 1 aliphatic heterocycles. The average Bonchev–Trinajstić information content (AvgIpc) is 3.17. The first kappa shape index (κ1) is 15.5. The summed E-state index contributed by atoms with van der Waals surface area (Å²) in [6, 6.07) is 9.26. The predicted molar refractivity (Wildman–Crippen MR) is 89.9 cm³/mol. The van der Waals surface area contributed by atoms with Crippen LogP contribution in [0.5, 0.6) is 0 Å². The van der Waals surface area contributed by atoms with E-state index in [1.165, 1.54) is 24.0 Å². The van der Waals surface area contributed by atoms with E-state index in [0.717, 1.165) is 25.9 Å². The highest BCUT2D eigenvalue weighted by atomic mass is 16.2. The van der Waals surface area contributed by atoms with E-state index in [1.807, 2.05) is 0 Å². The maximum absolute atomic E-state index is 12.8. The third-order valence-corrected chi connectivity index (χ3v) is 5.47. The first-order valence-corrected chi connectivity index (χ1v) is 8.58. The van der Waals surface area contributed by atoms with Crippen molar-refractivity contribution in [1.29, 1.82) is 0 Å². The molecule has 0 bridgehead atoms. The van der Waals surface area contributed by atoms with Crippen LogP contribution in [0.2, 0.25) is 0 Å². The molecule has 1 aliphatic carbocycles. The molecule has 0 spiro atoms. The minimum Gasteiger partial charge on any atom is -0.340 e. The van der Waals surface area contributed by atoms with Gasteiger partial charge in [-0.15, -0.1) is 0 Å². The van der Waals surface area contributed by atoms with Crippen molar-refractivity contribution in [3.63, 3.8) is 0 Å². The molecule has 1 amide bonds. The van der Waals surface area contributed by atoms with E-state index in [1.54, 1.807) is 0 Å². The van der Waals surface area contributed by atoms with E-state index in [4.69, 9.17) is 0 Å². The molecule has 0 unspecified atom stereocenters. The molecular formula is C19H28N2O. The Morgan fingerprint density at radius 3 is 2.32 bits per heavy atom. The Hall–Kier alpha value is -1.35. The molecule has 22 heavy (non-hydrogen) atoms. The molecule has 2 aliphatic rings. The van der Waals surface area contributed by atoms with Gasteiger partial charge in [-0.3, -0.25) is 4.79 Å². The smallest absolute Gasteiger partial charge is 0.225 e. The normalized spacial score (nSPS) is 26.1. The van der Waals surface area contributed by atoms with Crippen molar-refractivity contribution in [1.82, 2.24) is 9.80 Å². The van der Waals surface area contributed by atoms with Gasteiger partial charge in [0, 0.05) is 31.0 Å². The van der Waals surface area contributed by atoms with Gasteiger partial charge in [0.05, 0.1) is 0 Å². The monoisotopic (exact) mass is 300 g/mol. The van der Waals surface area contributed by atoms with Crippen molar-refractivity contribution >= 4 is 5.91 Å². The van der Waals surface area contributed by atoms with Crippen molar-refractivity contribution in [2.75, 3.05) is 27.2 Å². The molecule has 1 aromatic carbocycles. The van der Waals surface area contributed by atoms with Gasteiger partial charge in [0.15, 0.2) is 0 Å². The van der Waals surface area contributed by atoms with Gasteiger partial charge in [-0.2, -0.15) is 0 Å². The number of likely N-dealkylation sites (N-methyl/N-ethyl adjacent to an activating group) is 1. The van der Waals surface area contributed by atoms with Crippen LogP contribution in [-0.2, 0) is 4.79 Å². The molecule has 3 heteroatoms. The van der Waals surface area contributed by atoms with E-state index in [9.17, 15) is 4.79 Å². The summed E-state index contributed by atoms with van der Waals surface area (Å²) in [6.07, 6.45) is 4.64. The van der Waals surface area contributed by atoms with Crippen molar-refractivity contribution in [2.24, 2.45) is 5.92 Å².